The molecule has 0 saturated heterocycles. The fourth-order valence-electron chi connectivity index (χ4n) is 3.73. The van der Waals surface area contributed by atoms with Gasteiger partial charge in [0.1, 0.15) is 0 Å². The van der Waals surface area contributed by atoms with Gasteiger partial charge in [-0.1, -0.05) is 43.7 Å². The number of amides is 1. The number of hydrogen-bond acceptors (Lipinski definition) is 5. The molecular weight excluding hydrogens is 392 g/mol. The molecule has 168 valence electrons. The minimum atomic E-state index is -0.481. The average molecular weight is 427 g/mol. The molecule has 0 spiro atoms. The van der Waals surface area contributed by atoms with E-state index in [0.717, 1.165) is 18.9 Å². The molecule has 6 heteroatoms. The molecule has 31 heavy (non-hydrogen) atoms. The van der Waals surface area contributed by atoms with E-state index in [9.17, 15) is 19.5 Å². The summed E-state index contributed by atoms with van der Waals surface area (Å²) in [7, 11) is 0. The van der Waals surface area contributed by atoms with Crippen molar-refractivity contribution in [3.63, 3.8) is 0 Å². The zero-order valence-electron chi connectivity index (χ0n) is 18.9. The van der Waals surface area contributed by atoms with Gasteiger partial charge < -0.3 is 16.2 Å². The molecule has 0 radical (unpaired) electrons. The summed E-state index contributed by atoms with van der Waals surface area (Å²) in [6, 6.07) is 0. The van der Waals surface area contributed by atoms with Gasteiger partial charge in [-0.2, -0.15) is 0 Å². The Hall–Kier alpha value is -2.73. The van der Waals surface area contributed by atoms with E-state index in [1.54, 1.807) is 13.0 Å². The summed E-state index contributed by atoms with van der Waals surface area (Å²) in [6.45, 7) is 7.68. The number of rotatable bonds is 0. The van der Waals surface area contributed by atoms with E-state index in [1.165, 1.54) is 5.57 Å². The first-order valence-electron chi connectivity index (χ1n) is 10.9. The fraction of sp³-hybridized carbons (Fsp3) is 0.480. The third-order valence-electron chi connectivity index (χ3n) is 5.84. The van der Waals surface area contributed by atoms with Gasteiger partial charge in [0.15, 0.2) is 0 Å². The zero-order valence-corrected chi connectivity index (χ0v) is 18.9. The van der Waals surface area contributed by atoms with E-state index < -0.39 is 23.6 Å². The predicted molar refractivity (Wildman–Crippen MR) is 122 cm³/mol. The van der Waals surface area contributed by atoms with E-state index in [0.29, 0.717) is 24.8 Å². The average Bonchev–Trinajstić information content (AvgIpc) is 2.71. The van der Waals surface area contributed by atoms with Gasteiger partial charge in [-0.15, -0.1) is 0 Å². The Morgan fingerprint density at radius 1 is 1.13 bits per heavy atom. The van der Waals surface area contributed by atoms with Crippen LogP contribution >= 0.6 is 0 Å². The number of aliphatic hydroxyl groups is 1. The quantitative estimate of drug-likeness (QED) is 0.406. The van der Waals surface area contributed by atoms with Gasteiger partial charge in [-0.25, -0.2) is 0 Å². The molecule has 0 saturated carbocycles. The van der Waals surface area contributed by atoms with Gasteiger partial charge in [0.25, 0.3) is 5.91 Å². The number of ketones is 2. The van der Waals surface area contributed by atoms with Crippen LogP contribution in [0, 0.1) is 11.8 Å². The first-order valence-corrected chi connectivity index (χ1v) is 10.9. The molecule has 1 aliphatic heterocycles. The van der Waals surface area contributed by atoms with Crippen LogP contribution in [0.1, 0.15) is 59.8 Å². The number of fused-ring (bicyclic) bond motifs is 2. The van der Waals surface area contributed by atoms with Crippen LogP contribution < -0.4 is 11.1 Å². The number of nitrogens with one attached hydrogen (secondary N) is 1. The number of allylic oxidation sites excluding steroid dienone is 6. The Morgan fingerprint density at radius 2 is 1.84 bits per heavy atom. The van der Waals surface area contributed by atoms with Crippen molar-refractivity contribution in [1.29, 1.82) is 0 Å². The molecule has 2 rings (SSSR count). The molecule has 0 aromatic rings. The van der Waals surface area contributed by atoms with Crippen LogP contribution in [0.5, 0.6) is 0 Å². The molecule has 2 bridgehead atoms. The summed E-state index contributed by atoms with van der Waals surface area (Å²) in [4.78, 5) is 37.7. The molecule has 0 fully saturated rings. The van der Waals surface area contributed by atoms with E-state index in [4.69, 9.17) is 5.73 Å². The lowest BCUT2D eigenvalue weighted by molar-refractivity contribution is -0.120. The van der Waals surface area contributed by atoms with Crippen molar-refractivity contribution in [2.75, 3.05) is 0 Å². The highest BCUT2D eigenvalue weighted by molar-refractivity contribution is 6.23. The highest BCUT2D eigenvalue weighted by Crippen LogP contribution is 2.26. The van der Waals surface area contributed by atoms with Crippen molar-refractivity contribution in [3.8, 4) is 0 Å². The predicted octanol–water partition coefficient (Wildman–Crippen LogP) is 3.40. The van der Waals surface area contributed by atoms with Gasteiger partial charge in [-0.3, -0.25) is 14.4 Å². The van der Waals surface area contributed by atoms with E-state index in [-0.39, 0.29) is 28.8 Å². The van der Waals surface area contributed by atoms with Crippen LogP contribution in [0.25, 0.3) is 0 Å². The number of carbonyl (C=O) groups excluding carboxylic acids is 3. The fourth-order valence-corrected chi connectivity index (χ4v) is 3.73. The lowest BCUT2D eigenvalue weighted by atomic mass is 9.86. The summed E-state index contributed by atoms with van der Waals surface area (Å²) < 4.78 is 0. The van der Waals surface area contributed by atoms with Crippen molar-refractivity contribution < 1.29 is 19.5 Å². The van der Waals surface area contributed by atoms with E-state index >= 15 is 0 Å². The van der Waals surface area contributed by atoms with Crippen molar-refractivity contribution in [2.45, 2.75) is 65.9 Å². The topological polar surface area (TPSA) is 109 Å². The minimum absolute atomic E-state index is 0.0268. The maximum atomic E-state index is 12.9. The van der Waals surface area contributed by atoms with Gasteiger partial charge in [0.05, 0.1) is 17.5 Å². The molecular formula is C25H34N2O4. The van der Waals surface area contributed by atoms with Crippen molar-refractivity contribution in [1.82, 2.24) is 5.32 Å². The van der Waals surface area contributed by atoms with Crippen molar-refractivity contribution in [2.24, 2.45) is 17.6 Å². The summed E-state index contributed by atoms with van der Waals surface area (Å²) in [5.41, 5.74) is 7.68. The summed E-state index contributed by atoms with van der Waals surface area (Å²) >= 11 is 0. The lowest BCUT2D eigenvalue weighted by Crippen LogP contribution is -2.34. The highest BCUT2D eigenvalue weighted by Gasteiger charge is 2.29. The zero-order chi connectivity index (χ0) is 23.1. The maximum absolute atomic E-state index is 12.9. The third-order valence-corrected chi connectivity index (χ3v) is 5.84. The second-order valence-corrected chi connectivity index (χ2v) is 8.74. The van der Waals surface area contributed by atoms with Crippen LogP contribution in [0.3, 0.4) is 0 Å². The molecule has 1 heterocycles. The SMILES string of the molecule is C/C1=C\C(C)C(O)CCC(C)CC2=C(N)C(=O)C=C(NC(=O)/C(C)=C/C=C\CC1)C2=O. The Balaban J connectivity index is 2.31. The lowest BCUT2D eigenvalue weighted by Gasteiger charge is -2.22. The van der Waals surface area contributed by atoms with E-state index in [2.05, 4.69) is 18.3 Å². The summed E-state index contributed by atoms with van der Waals surface area (Å²) in [6.07, 6.45) is 11.5. The Labute approximate surface area is 184 Å². The smallest absolute Gasteiger partial charge is 0.251 e. The molecule has 1 aliphatic carbocycles. The van der Waals surface area contributed by atoms with Crippen molar-refractivity contribution in [3.05, 3.63) is 58.5 Å². The first kappa shape index (κ1) is 24.5. The third kappa shape index (κ3) is 6.89. The Morgan fingerprint density at radius 3 is 2.55 bits per heavy atom. The minimum Gasteiger partial charge on any atom is -0.395 e. The van der Waals surface area contributed by atoms with Gasteiger partial charge in [0.2, 0.25) is 11.6 Å². The number of nitrogens with two attached hydrogens (primary N) is 1. The van der Waals surface area contributed by atoms with Gasteiger partial charge >= 0.3 is 0 Å². The molecule has 0 aromatic heterocycles. The molecule has 6 nitrogen and oxygen atoms in total. The van der Waals surface area contributed by atoms with Crippen LogP contribution in [0.15, 0.2) is 58.5 Å². The molecule has 3 unspecified atom stereocenters. The second kappa shape index (κ2) is 11.0. The van der Waals surface area contributed by atoms with Crippen LogP contribution in [-0.2, 0) is 14.4 Å². The molecule has 4 N–H and O–H groups in total. The molecule has 3 atom stereocenters. The van der Waals surface area contributed by atoms with Gasteiger partial charge in [0, 0.05) is 23.1 Å². The number of Topliss-reactive ketones (excluding diaryl/α,β-unsaturated/α-hetero) is 1. The Kier molecular flexibility index (Phi) is 8.75. The van der Waals surface area contributed by atoms with Crippen molar-refractivity contribution >= 4 is 17.5 Å². The number of hydrogen-bond donors (Lipinski definition) is 3. The maximum Gasteiger partial charge on any atom is 0.251 e. The van der Waals surface area contributed by atoms with E-state index in [1.807, 2.05) is 26.0 Å². The number of carbonyl (C=O) groups is 3. The highest BCUT2D eigenvalue weighted by atomic mass is 16.3. The largest absolute Gasteiger partial charge is 0.395 e. The van der Waals surface area contributed by atoms with Crippen LogP contribution in [0.4, 0.5) is 0 Å². The number of aliphatic hydroxyl groups excluding tert-OH is 1. The van der Waals surface area contributed by atoms with Crippen LogP contribution in [0.2, 0.25) is 0 Å². The second-order valence-electron chi connectivity index (χ2n) is 8.74. The normalized spacial score (nSPS) is 31.8. The standard InChI is InChI=1S/C25H34N2O4/c1-15-8-6-5-7-9-17(3)25(31)27-20-14-22(29)23(26)19(24(20)30)13-16(2)10-11-21(28)18(4)12-15/h5,7,9,12,14,16,18,21,28H,6,8,10-11,13,26H2,1-4H3,(H,27,31)/b7-5-,15-12+,17-9+. The summed E-state index contributed by atoms with van der Waals surface area (Å²) in [5, 5.41) is 13.1. The first-order chi connectivity index (χ1) is 14.6. The van der Waals surface area contributed by atoms with Gasteiger partial charge in [-0.05, 0) is 51.9 Å². The Bertz CT molecular complexity index is 889. The molecule has 1 amide bonds. The van der Waals surface area contributed by atoms with Crippen LogP contribution in [-0.4, -0.2) is 28.7 Å². The summed E-state index contributed by atoms with van der Waals surface area (Å²) in [5.74, 6) is -1.26. The molecule has 0 aromatic carbocycles. The monoisotopic (exact) mass is 426 g/mol. The molecule has 2 aliphatic rings.